The molecule has 0 unspecified atom stereocenters. The van der Waals surface area contributed by atoms with E-state index in [0.717, 1.165) is 24.3 Å². The summed E-state index contributed by atoms with van der Waals surface area (Å²) in [6, 6.07) is 1.69. The van der Waals surface area contributed by atoms with E-state index < -0.39 is 11.5 Å². The van der Waals surface area contributed by atoms with Crippen LogP contribution in [0.15, 0.2) is 10.5 Å². The Kier molecular flexibility index (Phi) is 4.65. The van der Waals surface area contributed by atoms with Crippen LogP contribution in [0.3, 0.4) is 0 Å². The quantitative estimate of drug-likeness (QED) is 0.770. The van der Waals surface area contributed by atoms with Gasteiger partial charge in [-0.1, -0.05) is 20.8 Å². The molecular formula is C16H26N2O4. The summed E-state index contributed by atoms with van der Waals surface area (Å²) in [6.07, 6.45) is 1.42. The van der Waals surface area contributed by atoms with E-state index in [1.165, 1.54) is 0 Å². The molecule has 0 bridgehead atoms. The highest BCUT2D eigenvalue weighted by atomic mass is 16.4. The first-order chi connectivity index (χ1) is 10.1. The van der Waals surface area contributed by atoms with Gasteiger partial charge in [0.1, 0.15) is 11.4 Å². The van der Waals surface area contributed by atoms with Gasteiger partial charge in [0, 0.05) is 24.1 Å². The fraction of sp³-hybridized carbons (Fsp3) is 0.688. The Hall–Kier alpha value is -1.37. The SMILES string of the molecule is CC(C)(C)c1oc(C(N)=O)cc1CN1CCC[C@@](O)(CO)C1. The Labute approximate surface area is 130 Å². The van der Waals surface area contributed by atoms with E-state index in [-0.39, 0.29) is 17.8 Å². The Morgan fingerprint density at radius 1 is 1.50 bits per heavy atom. The second-order valence-corrected chi connectivity index (χ2v) is 7.28. The molecule has 1 aromatic rings. The van der Waals surface area contributed by atoms with Gasteiger partial charge in [-0.05, 0) is 25.5 Å². The molecule has 0 spiro atoms. The number of aliphatic hydroxyl groups is 2. The summed E-state index contributed by atoms with van der Waals surface area (Å²) in [5, 5.41) is 19.6. The molecule has 1 aliphatic rings. The molecule has 0 saturated carbocycles. The van der Waals surface area contributed by atoms with Crippen molar-refractivity contribution in [1.82, 2.24) is 4.90 Å². The smallest absolute Gasteiger partial charge is 0.284 e. The minimum atomic E-state index is -1.05. The number of amides is 1. The van der Waals surface area contributed by atoms with Gasteiger partial charge in [-0.3, -0.25) is 9.69 Å². The molecule has 0 aliphatic carbocycles. The monoisotopic (exact) mass is 310 g/mol. The highest BCUT2D eigenvalue weighted by molar-refractivity contribution is 5.90. The molecule has 124 valence electrons. The van der Waals surface area contributed by atoms with Gasteiger partial charge in [0.2, 0.25) is 0 Å². The van der Waals surface area contributed by atoms with Crippen LogP contribution >= 0.6 is 0 Å². The summed E-state index contributed by atoms with van der Waals surface area (Å²) in [6.45, 7) is 7.60. The van der Waals surface area contributed by atoms with E-state index >= 15 is 0 Å². The number of likely N-dealkylation sites (tertiary alicyclic amines) is 1. The summed E-state index contributed by atoms with van der Waals surface area (Å²) >= 11 is 0. The fourth-order valence-corrected chi connectivity index (χ4v) is 3.01. The standard InChI is InChI=1S/C16H26N2O4/c1-15(2,3)13-11(7-12(22-13)14(17)20)8-18-6-4-5-16(21,9-18)10-19/h7,19,21H,4-6,8-10H2,1-3H3,(H2,17,20)/t16-/m0/s1. The summed E-state index contributed by atoms with van der Waals surface area (Å²) < 4.78 is 5.65. The minimum Gasteiger partial charge on any atom is -0.455 e. The lowest BCUT2D eigenvalue weighted by atomic mass is 9.89. The summed E-state index contributed by atoms with van der Waals surface area (Å²) in [5.41, 5.74) is 4.93. The Morgan fingerprint density at radius 2 is 2.18 bits per heavy atom. The zero-order chi connectivity index (χ0) is 16.5. The lowest BCUT2D eigenvalue weighted by Crippen LogP contribution is -2.50. The first-order valence-corrected chi connectivity index (χ1v) is 7.63. The van der Waals surface area contributed by atoms with Crippen LogP contribution in [-0.2, 0) is 12.0 Å². The van der Waals surface area contributed by atoms with Gasteiger partial charge in [0.25, 0.3) is 5.91 Å². The van der Waals surface area contributed by atoms with Crippen LogP contribution in [0.4, 0.5) is 0 Å². The summed E-state index contributed by atoms with van der Waals surface area (Å²) in [5.74, 6) is 0.316. The van der Waals surface area contributed by atoms with Crippen LogP contribution in [0, 0.1) is 0 Å². The van der Waals surface area contributed by atoms with Crippen LogP contribution in [-0.4, -0.2) is 46.3 Å². The molecule has 1 saturated heterocycles. The predicted molar refractivity (Wildman–Crippen MR) is 82.5 cm³/mol. The maximum Gasteiger partial charge on any atom is 0.284 e. The number of nitrogens with zero attached hydrogens (tertiary/aromatic N) is 1. The van der Waals surface area contributed by atoms with Crippen LogP contribution in [0.5, 0.6) is 0 Å². The van der Waals surface area contributed by atoms with Crippen molar-refractivity contribution in [2.45, 2.75) is 51.2 Å². The molecule has 6 heteroatoms. The molecule has 1 aliphatic heterocycles. The van der Waals surface area contributed by atoms with E-state index in [4.69, 9.17) is 10.2 Å². The number of β-amino-alcohol motifs (C(OH)–C–C–N with tert-alkyl or cyclic N) is 1. The second-order valence-electron chi connectivity index (χ2n) is 7.28. The second kappa shape index (κ2) is 6.02. The van der Waals surface area contributed by atoms with Crippen LogP contribution < -0.4 is 5.73 Å². The molecule has 2 heterocycles. The number of piperidine rings is 1. The molecule has 0 radical (unpaired) electrons. The molecule has 0 aromatic carbocycles. The third kappa shape index (κ3) is 3.69. The number of hydrogen-bond donors (Lipinski definition) is 3. The zero-order valence-corrected chi connectivity index (χ0v) is 13.6. The van der Waals surface area contributed by atoms with Crippen molar-refractivity contribution in [3.05, 3.63) is 23.2 Å². The Bertz CT molecular complexity index is 547. The van der Waals surface area contributed by atoms with Gasteiger partial charge in [-0.15, -0.1) is 0 Å². The molecule has 6 nitrogen and oxygen atoms in total. The minimum absolute atomic E-state index is 0.161. The Balaban J connectivity index is 2.23. The molecule has 4 N–H and O–H groups in total. The van der Waals surface area contributed by atoms with Crippen molar-refractivity contribution in [2.75, 3.05) is 19.7 Å². The number of hydrogen-bond acceptors (Lipinski definition) is 5. The van der Waals surface area contributed by atoms with Gasteiger partial charge in [0.15, 0.2) is 5.76 Å². The molecule has 1 aromatic heterocycles. The third-order valence-electron chi connectivity index (χ3n) is 4.06. The molecular weight excluding hydrogens is 284 g/mol. The van der Waals surface area contributed by atoms with Gasteiger partial charge in [0.05, 0.1) is 6.61 Å². The zero-order valence-electron chi connectivity index (χ0n) is 13.6. The van der Waals surface area contributed by atoms with E-state index in [1.807, 2.05) is 20.8 Å². The number of aliphatic hydroxyl groups excluding tert-OH is 1. The first kappa shape index (κ1) is 17.0. The van der Waals surface area contributed by atoms with Crippen molar-refractivity contribution in [2.24, 2.45) is 5.73 Å². The van der Waals surface area contributed by atoms with Gasteiger partial charge < -0.3 is 20.4 Å². The highest BCUT2D eigenvalue weighted by Crippen LogP contribution is 2.31. The van der Waals surface area contributed by atoms with Gasteiger partial charge in [-0.25, -0.2) is 0 Å². The topological polar surface area (TPSA) is 99.9 Å². The molecule has 1 atom stereocenters. The highest BCUT2D eigenvalue weighted by Gasteiger charge is 2.34. The van der Waals surface area contributed by atoms with E-state index in [1.54, 1.807) is 6.07 Å². The van der Waals surface area contributed by atoms with Gasteiger partial charge >= 0.3 is 0 Å². The van der Waals surface area contributed by atoms with Crippen molar-refractivity contribution in [1.29, 1.82) is 0 Å². The van der Waals surface area contributed by atoms with Crippen molar-refractivity contribution >= 4 is 5.91 Å². The maximum atomic E-state index is 11.4. The number of primary amides is 1. The number of carbonyl (C=O) groups excluding carboxylic acids is 1. The molecule has 1 amide bonds. The lowest BCUT2D eigenvalue weighted by molar-refractivity contribution is -0.0688. The van der Waals surface area contributed by atoms with Gasteiger partial charge in [-0.2, -0.15) is 0 Å². The largest absolute Gasteiger partial charge is 0.455 e. The lowest BCUT2D eigenvalue weighted by Gasteiger charge is -2.38. The van der Waals surface area contributed by atoms with Crippen molar-refractivity contribution in [3.8, 4) is 0 Å². The normalized spacial score (nSPS) is 23.7. The number of nitrogens with two attached hydrogens (primary N) is 1. The van der Waals surface area contributed by atoms with Crippen LogP contribution in [0.2, 0.25) is 0 Å². The summed E-state index contributed by atoms with van der Waals surface area (Å²) in [7, 11) is 0. The van der Waals surface area contributed by atoms with Crippen molar-refractivity contribution < 1.29 is 19.4 Å². The first-order valence-electron chi connectivity index (χ1n) is 7.63. The molecule has 1 fully saturated rings. The predicted octanol–water partition coefficient (Wildman–Crippen LogP) is 0.995. The van der Waals surface area contributed by atoms with E-state index in [0.29, 0.717) is 19.5 Å². The summed E-state index contributed by atoms with van der Waals surface area (Å²) in [4.78, 5) is 13.5. The van der Waals surface area contributed by atoms with Crippen LogP contribution in [0.25, 0.3) is 0 Å². The average molecular weight is 310 g/mol. The van der Waals surface area contributed by atoms with Crippen molar-refractivity contribution in [3.63, 3.8) is 0 Å². The average Bonchev–Trinajstić information content (AvgIpc) is 2.83. The maximum absolute atomic E-state index is 11.4. The van der Waals surface area contributed by atoms with E-state index in [9.17, 15) is 15.0 Å². The van der Waals surface area contributed by atoms with E-state index in [2.05, 4.69) is 4.90 Å². The third-order valence-corrected chi connectivity index (χ3v) is 4.06. The van der Waals surface area contributed by atoms with Crippen LogP contribution in [0.1, 0.15) is 55.5 Å². The Morgan fingerprint density at radius 3 is 2.73 bits per heavy atom. The molecule has 22 heavy (non-hydrogen) atoms. The number of carbonyl (C=O) groups is 1. The fourth-order valence-electron chi connectivity index (χ4n) is 3.01. The number of rotatable bonds is 4. The molecule has 2 rings (SSSR count). The number of furan rings is 1.